The quantitative estimate of drug-likeness (QED) is 0.925. The fourth-order valence-electron chi connectivity index (χ4n) is 2.81. The molecule has 0 spiro atoms. The number of phenols is 1. The van der Waals surface area contributed by atoms with Gasteiger partial charge in [-0.2, -0.15) is 0 Å². The molecule has 5 heteroatoms. The van der Waals surface area contributed by atoms with Gasteiger partial charge in [-0.3, -0.25) is 4.90 Å². The molecule has 1 N–H and O–H groups in total. The number of imidazole rings is 1. The molecule has 1 aromatic carbocycles. The number of benzene rings is 1. The zero-order valence-electron chi connectivity index (χ0n) is 12.4. The molecular weight excluding hydrogens is 264 g/mol. The molecule has 5 nitrogen and oxygen atoms in total. The maximum atomic E-state index is 9.57. The van der Waals surface area contributed by atoms with Crippen LogP contribution in [-0.4, -0.2) is 52.3 Å². The fraction of sp³-hybridized carbons (Fsp3) is 0.438. The Labute approximate surface area is 125 Å². The van der Waals surface area contributed by atoms with Crippen molar-refractivity contribution in [3.63, 3.8) is 0 Å². The number of nitrogens with zero attached hydrogens (tertiary/aromatic N) is 4. The van der Waals surface area contributed by atoms with E-state index >= 15 is 0 Å². The van der Waals surface area contributed by atoms with Crippen molar-refractivity contribution in [1.82, 2.24) is 14.5 Å². The molecule has 0 amide bonds. The predicted molar refractivity (Wildman–Crippen MR) is 83.7 cm³/mol. The lowest BCUT2D eigenvalue weighted by molar-refractivity contribution is 0.258. The van der Waals surface area contributed by atoms with Gasteiger partial charge in [0.2, 0.25) is 0 Å². The van der Waals surface area contributed by atoms with E-state index in [2.05, 4.69) is 25.4 Å². The molecule has 0 radical (unpaired) electrons. The third-order valence-corrected chi connectivity index (χ3v) is 4.14. The standard InChI is InChI=1S/C16H22N4O/c1-18-8-6-17-16(18)5-7-19-9-11-20(12-10-19)14-3-2-4-15(21)13-14/h2-4,6,8,13,21H,5,7,9-12H2,1H3. The van der Waals surface area contributed by atoms with Gasteiger partial charge in [0.05, 0.1) is 0 Å². The first kappa shape index (κ1) is 13.9. The van der Waals surface area contributed by atoms with E-state index in [9.17, 15) is 5.11 Å². The normalized spacial score (nSPS) is 16.3. The number of aromatic hydroxyl groups is 1. The van der Waals surface area contributed by atoms with Gasteiger partial charge >= 0.3 is 0 Å². The Kier molecular flexibility index (Phi) is 4.10. The fourth-order valence-corrected chi connectivity index (χ4v) is 2.81. The SMILES string of the molecule is Cn1ccnc1CCN1CCN(c2cccc(O)c2)CC1. The van der Waals surface area contributed by atoms with Crippen LogP contribution in [-0.2, 0) is 13.5 Å². The molecule has 1 fully saturated rings. The highest BCUT2D eigenvalue weighted by atomic mass is 16.3. The van der Waals surface area contributed by atoms with Crippen LogP contribution in [0.2, 0.25) is 0 Å². The highest BCUT2D eigenvalue weighted by molar-refractivity contribution is 5.50. The first-order valence-corrected chi connectivity index (χ1v) is 7.45. The lowest BCUT2D eigenvalue weighted by Crippen LogP contribution is -2.47. The van der Waals surface area contributed by atoms with E-state index in [1.165, 1.54) is 0 Å². The van der Waals surface area contributed by atoms with Gasteiger partial charge in [-0.1, -0.05) is 6.07 Å². The van der Waals surface area contributed by atoms with Crippen LogP contribution >= 0.6 is 0 Å². The van der Waals surface area contributed by atoms with Crippen molar-refractivity contribution in [2.75, 3.05) is 37.6 Å². The number of piperazine rings is 1. The molecule has 0 saturated carbocycles. The Morgan fingerprint density at radius 3 is 2.67 bits per heavy atom. The minimum absolute atomic E-state index is 0.338. The summed E-state index contributed by atoms with van der Waals surface area (Å²) in [4.78, 5) is 9.18. The van der Waals surface area contributed by atoms with Crippen molar-refractivity contribution in [1.29, 1.82) is 0 Å². The lowest BCUT2D eigenvalue weighted by atomic mass is 10.2. The maximum Gasteiger partial charge on any atom is 0.117 e. The summed E-state index contributed by atoms with van der Waals surface area (Å²) in [5, 5.41) is 9.57. The number of anilines is 1. The third-order valence-electron chi connectivity index (χ3n) is 4.14. The van der Waals surface area contributed by atoms with Gasteiger partial charge in [0.25, 0.3) is 0 Å². The Bertz CT molecular complexity index is 587. The molecule has 0 aliphatic carbocycles. The molecule has 2 heterocycles. The molecule has 112 valence electrons. The molecule has 1 aliphatic rings. The van der Waals surface area contributed by atoms with Crippen LogP contribution in [0.25, 0.3) is 0 Å². The van der Waals surface area contributed by atoms with Gasteiger partial charge in [-0.15, -0.1) is 0 Å². The molecule has 0 atom stereocenters. The molecule has 1 aliphatic heterocycles. The summed E-state index contributed by atoms with van der Waals surface area (Å²) in [6, 6.07) is 7.51. The Morgan fingerprint density at radius 2 is 2.00 bits per heavy atom. The second kappa shape index (κ2) is 6.18. The molecule has 0 unspecified atom stereocenters. The highest BCUT2D eigenvalue weighted by Crippen LogP contribution is 2.21. The first-order chi connectivity index (χ1) is 10.2. The second-order valence-corrected chi connectivity index (χ2v) is 5.55. The van der Waals surface area contributed by atoms with Crippen molar-refractivity contribution >= 4 is 5.69 Å². The largest absolute Gasteiger partial charge is 0.508 e. The smallest absolute Gasteiger partial charge is 0.117 e. The number of aryl methyl sites for hydroxylation is 1. The minimum Gasteiger partial charge on any atom is -0.508 e. The van der Waals surface area contributed by atoms with E-state index < -0.39 is 0 Å². The van der Waals surface area contributed by atoms with Crippen LogP contribution in [0.5, 0.6) is 5.75 Å². The van der Waals surface area contributed by atoms with Gasteiger partial charge in [0, 0.05) is 70.3 Å². The van der Waals surface area contributed by atoms with Crippen LogP contribution in [0.4, 0.5) is 5.69 Å². The summed E-state index contributed by atoms with van der Waals surface area (Å²) in [7, 11) is 2.04. The summed E-state index contributed by atoms with van der Waals surface area (Å²) < 4.78 is 2.09. The third kappa shape index (κ3) is 3.36. The first-order valence-electron chi connectivity index (χ1n) is 7.45. The van der Waals surface area contributed by atoms with E-state index in [1.807, 2.05) is 31.6 Å². The summed E-state index contributed by atoms with van der Waals surface area (Å²) in [5.41, 5.74) is 1.11. The minimum atomic E-state index is 0.338. The summed E-state index contributed by atoms with van der Waals surface area (Å²) in [6.45, 7) is 5.17. The van der Waals surface area contributed by atoms with Gasteiger partial charge in [-0.05, 0) is 12.1 Å². The lowest BCUT2D eigenvalue weighted by Gasteiger charge is -2.36. The second-order valence-electron chi connectivity index (χ2n) is 5.55. The van der Waals surface area contributed by atoms with Crippen LogP contribution in [0.3, 0.4) is 0 Å². The molecular formula is C16H22N4O. The van der Waals surface area contributed by atoms with Gasteiger partial charge in [0.15, 0.2) is 0 Å². The Hall–Kier alpha value is -2.01. The Morgan fingerprint density at radius 1 is 1.19 bits per heavy atom. The van der Waals surface area contributed by atoms with Crippen molar-refractivity contribution in [3.05, 3.63) is 42.5 Å². The molecule has 1 aromatic heterocycles. The molecule has 1 saturated heterocycles. The maximum absolute atomic E-state index is 9.57. The van der Waals surface area contributed by atoms with Crippen LogP contribution in [0.15, 0.2) is 36.7 Å². The summed E-state index contributed by atoms with van der Waals surface area (Å²) in [5.74, 6) is 1.48. The molecule has 2 aromatic rings. The monoisotopic (exact) mass is 286 g/mol. The topological polar surface area (TPSA) is 44.5 Å². The van der Waals surface area contributed by atoms with Gasteiger partial charge < -0.3 is 14.6 Å². The summed E-state index contributed by atoms with van der Waals surface area (Å²) in [6.07, 6.45) is 4.85. The van der Waals surface area contributed by atoms with E-state index in [-0.39, 0.29) is 0 Å². The van der Waals surface area contributed by atoms with Crippen molar-refractivity contribution in [2.24, 2.45) is 7.05 Å². The van der Waals surface area contributed by atoms with E-state index in [0.29, 0.717) is 5.75 Å². The molecule has 3 rings (SSSR count). The number of rotatable bonds is 4. The summed E-state index contributed by atoms with van der Waals surface area (Å²) >= 11 is 0. The van der Waals surface area contributed by atoms with E-state index in [1.54, 1.807) is 6.07 Å². The number of hydrogen-bond acceptors (Lipinski definition) is 4. The van der Waals surface area contributed by atoms with Crippen LogP contribution in [0, 0.1) is 0 Å². The Balaban J connectivity index is 1.50. The van der Waals surface area contributed by atoms with E-state index in [4.69, 9.17) is 0 Å². The van der Waals surface area contributed by atoms with Gasteiger partial charge in [0.1, 0.15) is 11.6 Å². The van der Waals surface area contributed by atoms with Crippen LogP contribution < -0.4 is 4.90 Å². The highest BCUT2D eigenvalue weighted by Gasteiger charge is 2.17. The average molecular weight is 286 g/mol. The van der Waals surface area contributed by atoms with Crippen LogP contribution in [0.1, 0.15) is 5.82 Å². The number of hydrogen-bond donors (Lipinski definition) is 1. The predicted octanol–water partition coefficient (Wildman–Crippen LogP) is 1.49. The molecule has 0 bridgehead atoms. The van der Waals surface area contributed by atoms with Crippen molar-refractivity contribution in [3.8, 4) is 5.75 Å². The van der Waals surface area contributed by atoms with Gasteiger partial charge in [-0.25, -0.2) is 4.98 Å². The van der Waals surface area contributed by atoms with Crippen molar-refractivity contribution < 1.29 is 5.11 Å². The average Bonchev–Trinajstić information content (AvgIpc) is 2.91. The number of phenolic OH excluding ortho intramolecular Hbond substituents is 1. The van der Waals surface area contributed by atoms with E-state index in [0.717, 1.165) is 50.7 Å². The van der Waals surface area contributed by atoms with Crippen molar-refractivity contribution in [2.45, 2.75) is 6.42 Å². The number of aromatic nitrogens is 2. The zero-order valence-corrected chi connectivity index (χ0v) is 12.4. The molecule has 21 heavy (non-hydrogen) atoms. The zero-order chi connectivity index (χ0) is 14.7.